The highest BCUT2D eigenvalue weighted by atomic mass is 79.9. The van der Waals surface area contributed by atoms with Crippen molar-refractivity contribution in [2.45, 2.75) is 0 Å². The van der Waals surface area contributed by atoms with Crippen LogP contribution in [0.15, 0.2) is 16.6 Å². The van der Waals surface area contributed by atoms with Gasteiger partial charge in [0.1, 0.15) is 5.82 Å². The monoisotopic (exact) mass is 309 g/mol. The van der Waals surface area contributed by atoms with E-state index in [2.05, 4.69) is 31.9 Å². The molecule has 2 N–H and O–H groups in total. The predicted octanol–water partition coefficient (Wildman–Crippen LogP) is 2.75. The Morgan fingerprint density at radius 1 is 1.54 bits per heavy atom. The Balaban J connectivity index is 3.28. The third kappa shape index (κ3) is 2.28. The topological polar surface area (TPSA) is 43.1 Å². The van der Waals surface area contributed by atoms with Gasteiger partial charge in [0.15, 0.2) is 5.78 Å². The average Bonchev–Trinajstić information content (AvgIpc) is 2.10. The second kappa shape index (κ2) is 4.19. The molecule has 0 aliphatic carbocycles. The second-order valence-electron chi connectivity index (χ2n) is 2.41. The molecule has 0 atom stereocenters. The highest BCUT2D eigenvalue weighted by Crippen LogP contribution is 2.23. The lowest BCUT2D eigenvalue weighted by molar-refractivity contribution is 0.102. The van der Waals surface area contributed by atoms with Crippen LogP contribution in [0.2, 0.25) is 0 Å². The minimum absolute atomic E-state index is 0.104. The number of halogens is 3. The van der Waals surface area contributed by atoms with Gasteiger partial charge in [0.25, 0.3) is 0 Å². The van der Waals surface area contributed by atoms with Crippen LogP contribution in [0.5, 0.6) is 0 Å². The minimum Gasteiger partial charge on any atom is -0.396 e. The van der Waals surface area contributed by atoms with Crippen molar-refractivity contribution in [1.82, 2.24) is 0 Å². The van der Waals surface area contributed by atoms with Gasteiger partial charge in [-0.2, -0.15) is 0 Å². The first-order valence-corrected chi connectivity index (χ1v) is 5.31. The van der Waals surface area contributed by atoms with Gasteiger partial charge in [-0.1, -0.05) is 31.9 Å². The molecule has 13 heavy (non-hydrogen) atoms. The molecule has 70 valence electrons. The number of alkyl halides is 1. The number of hydrogen-bond acceptors (Lipinski definition) is 2. The molecule has 0 fully saturated rings. The van der Waals surface area contributed by atoms with Crippen LogP contribution in [0.25, 0.3) is 0 Å². The van der Waals surface area contributed by atoms with Crippen molar-refractivity contribution in [3.05, 3.63) is 28.0 Å². The predicted molar refractivity (Wildman–Crippen MR) is 56.6 cm³/mol. The summed E-state index contributed by atoms with van der Waals surface area (Å²) in [7, 11) is 0. The normalized spacial score (nSPS) is 10.1. The third-order valence-corrected chi connectivity index (χ3v) is 2.48. The maximum Gasteiger partial charge on any atom is 0.175 e. The van der Waals surface area contributed by atoms with E-state index in [-0.39, 0.29) is 22.4 Å². The van der Waals surface area contributed by atoms with E-state index >= 15 is 0 Å². The van der Waals surface area contributed by atoms with Crippen molar-refractivity contribution in [3.63, 3.8) is 0 Å². The van der Waals surface area contributed by atoms with Crippen LogP contribution in [-0.4, -0.2) is 11.1 Å². The minimum atomic E-state index is -0.585. The number of ketones is 1. The molecular formula is C8H6Br2FNO. The smallest absolute Gasteiger partial charge is 0.175 e. The maximum atomic E-state index is 13.0. The quantitative estimate of drug-likeness (QED) is 0.518. The largest absolute Gasteiger partial charge is 0.396 e. The molecule has 0 spiro atoms. The number of benzene rings is 1. The molecule has 0 amide bonds. The van der Waals surface area contributed by atoms with Crippen molar-refractivity contribution in [2.24, 2.45) is 0 Å². The zero-order valence-electron chi connectivity index (χ0n) is 6.48. The molecule has 0 saturated carbocycles. The Morgan fingerprint density at radius 3 is 2.69 bits per heavy atom. The van der Waals surface area contributed by atoms with Gasteiger partial charge < -0.3 is 5.73 Å². The van der Waals surface area contributed by atoms with Crippen LogP contribution in [0.4, 0.5) is 10.1 Å². The number of nitrogens with two attached hydrogens (primary N) is 1. The number of carbonyl (C=O) groups excluding carboxylic acids is 1. The van der Waals surface area contributed by atoms with Gasteiger partial charge in [0.2, 0.25) is 0 Å². The molecule has 5 heteroatoms. The number of carbonyl (C=O) groups is 1. The summed E-state index contributed by atoms with van der Waals surface area (Å²) in [6, 6.07) is 2.72. The van der Waals surface area contributed by atoms with Crippen LogP contribution in [0.3, 0.4) is 0 Å². The summed E-state index contributed by atoms with van der Waals surface area (Å²) in [4.78, 5) is 11.2. The highest BCUT2D eigenvalue weighted by molar-refractivity contribution is 9.10. The zero-order chi connectivity index (χ0) is 10.0. The van der Waals surface area contributed by atoms with Crippen LogP contribution >= 0.6 is 31.9 Å². The van der Waals surface area contributed by atoms with Gasteiger partial charge in [0.05, 0.1) is 11.0 Å². The summed E-state index contributed by atoms with van der Waals surface area (Å²) >= 11 is 6.07. The fraction of sp³-hybridized carbons (Fsp3) is 0.125. The Labute approximate surface area is 91.6 Å². The molecule has 0 saturated heterocycles. The fourth-order valence-corrected chi connectivity index (χ4v) is 1.62. The number of anilines is 1. The lowest BCUT2D eigenvalue weighted by Gasteiger charge is -2.04. The van der Waals surface area contributed by atoms with E-state index < -0.39 is 5.82 Å². The highest BCUT2D eigenvalue weighted by Gasteiger charge is 2.12. The SMILES string of the molecule is Nc1c(F)cc(Br)cc1C(=O)CBr. The van der Waals surface area contributed by atoms with Crippen molar-refractivity contribution < 1.29 is 9.18 Å². The van der Waals surface area contributed by atoms with Crippen molar-refractivity contribution in [1.29, 1.82) is 0 Å². The summed E-state index contributed by atoms with van der Waals surface area (Å²) < 4.78 is 13.5. The molecule has 0 aliphatic rings. The molecule has 0 aliphatic heterocycles. The average molecular weight is 311 g/mol. The fourth-order valence-electron chi connectivity index (χ4n) is 0.887. The number of nitrogen functional groups attached to an aromatic ring is 1. The van der Waals surface area contributed by atoms with Gasteiger partial charge in [-0.15, -0.1) is 0 Å². The number of Topliss-reactive ketones (excluding diaryl/α,β-unsaturated/α-hetero) is 1. The van der Waals surface area contributed by atoms with E-state index in [0.717, 1.165) is 0 Å². The second-order valence-corrected chi connectivity index (χ2v) is 3.88. The first-order chi connectivity index (χ1) is 6.06. The van der Waals surface area contributed by atoms with Crippen LogP contribution in [-0.2, 0) is 0 Å². The van der Waals surface area contributed by atoms with Crippen LogP contribution in [0.1, 0.15) is 10.4 Å². The molecule has 1 aromatic rings. The van der Waals surface area contributed by atoms with E-state index in [1.807, 2.05) is 0 Å². The molecule has 0 bridgehead atoms. The summed E-state index contributed by atoms with van der Waals surface area (Å²) in [6.45, 7) is 0. The molecule has 1 rings (SSSR count). The molecule has 0 radical (unpaired) electrons. The summed E-state index contributed by atoms with van der Waals surface area (Å²) in [5.74, 6) is -0.823. The van der Waals surface area contributed by atoms with Crippen LogP contribution in [0, 0.1) is 5.82 Å². The van der Waals surface area contributed by atoms with Crippen molar-refractivity contribution in [3.8, 4) is 0 Å². The molecule has 2 nitrogen and oxygen atoms in total. The third-order valence-electron chi connectivity index (χ3n) is 1.52. The van der Waals surface area contributed by atoms with Gasteiger partial charge in [-0.05, 0) is 12.1 Å². The molecule has 0 heterocycles. The van der Waals surface area contributed by atoms with Gasteiger partial charge in [-0.25, -0.2) is 4.39 Å². The maximum absolute atomic E-state index is 13.0. The summed E-state index contributed by atoms with van der Waals surface area (Å²) in [6.07, 6.45) is 0. The van der Waals surface area contributed by atoms with Gasteiger partial charge in [-0.3, -0.25) is 4.79 Å². The van der Waals surface area contributed by atoms with Crippen molar-refractivity contribution in [2.75, 3.05) is 11.1 Å². The zero-order valence-corrected chi connectivity index (χ0v) is 9.65. The van der Waals surface area contributed by atoms with Crippen molar-refractivity contribution >= 4 is 43.3 Å². The summed E-state index contributed by atoms with van der Waals surface area (Å²) in [5.41, 5.74) is 5.48. The summed E-state index contributed by atoms with van der Waals surface area (Å²) in [5, 5.41) is 0.132. The van der Waals surface area contributed by atoms with E-state index in [4.69, 9.17) is 5.73 Å². The molecule has 0 unspecified atom stereocenters. The van der Waals surface area contributed by atoms with E-state index in [1.54, 1.807) is 0 Å². The number of hydrogen-bond donors (Lipinski definition) is 1. The Morgan fingerprint density at radius 2 is 2.15 bits per heavy atom. The Kier molecular flexibility index (Phi) is 3.44. The molecule has 0 aromatic heterocycles. The van der Waals surface area contributed by atoms with E-state index in [9.17, 15) is 9.18 Å². The van der Waals surface area contributed by atoms with E-state index in [1.165, 1.54) is 12.1 Å². The Hall–Kier alpha value is -0.420. The Bertz CT molecular complexity index is 354. The lowest BCUT2D eigenvalue weighted by atomic mass is 10.1. The van der Waals surface area contributed by atoms with Crippen LogP contribution < -0.4 is 5.73 Å². The molecule has 1 aromatic carbocycles. The van der Waals surface area contributed by atoms with Gasteiger partial charge >= 0.3 is 0 Å². The van der Waals surface area contributed by atoms with Gasteiger partial charge in [0, 0.05) is 10.0 Å². The lowest BCUT2D eigenvalue weighted by Crippen LogP contribution is -2.06. The molecular weight excluding hydrogens is 305 g/mol. The standard InChI is InChI=1S/C8H6Br2FNO/c9-3-7(13)5-1-4(10)2-6(11)8(5)12/h1-2H,3,12H2. The van der Waals surface area contributed by atoms with E-state index in [0.29, 0.717) is 4.47 Å². The first kappa shape index (κ1) is 10.7. The first-order valence-electron chi connectivity index (χ1n) is 3.40. The number of rotatable bonds is 2.